The van der Waals surface area contributed by atoms with E-state index in [4.69, 9.17) is 4.74 Å². The van der Waals surface area contributed by atoms with Crippen LogP contribution in [0.25, 0.3) is 0 Å². The summed E-state index contributed by atoms with van der Waals surface area (Å²) in [7, 11) is 0. The number of esters is 1. The lowest BCUT2D eigenvalue weighted by Crippen LogP contribution is -2.42. The van der Waals surface area contributed by atoms with Gasteiger partial charge >= 0.3 is 5.97 Å². The second-order valence-electron chi connectivity index (χ2n) is 5.86. The minimum atomic E-state index is -0.111. The summed E-state index contributed by atoms with van der Waals surface area (Å²) in [6.07, 6.45) is 9.48. The Bertz CT molecular complexity index is 299. The zero-order valence-electron chi connectivity index (χ0n) is 9.55. The maximum atomic E-state index is 12.1. The number of carbonyl (C=O) groups is 1. The van der Waals surface area contributed by atoms with Crippen molar-refractivity contribution in [3.8, 4) is 0 Å². The van der Waals surface area contributed by atoms with Gasteiger partial charge in [-0.1, -0.05) is 19.3 Å². The number of carbonyl (C=O) groups excluding carboxylic acids is 1. The van der Waals surface area contributed by atoms with Crippen LogP contribution in [0.2, 0.25) is 0 Å². The minimum Gasteiger partial charge on any atom is -0.459 e. The molecule has 0 spiro atoms. The molecule has 1 heterocycles. The molecular formula is C13H20O2. The predicted octanol–water partition coefficient (Wildman–Crippen LogP) is 3.05. The Morgan fingerprint density at radius 2 is 1.93 bits per heavy atom. The lowest BCUT2D eigenvalue weighted by atomic mass is 9.60. The number of rotatable bonds is 0. The monoisotopic (exact) mass is 208 g/mol. The number of hydrogen-bond acceptors (Lipinski definition) is 2. The molecule has 2 nitrogen and oxygen atoms in total. The van der Waals surface area contributed by atoms with Crippen molar-refractivity contribution >= 4 is 5.97 Å². The van der Waals surface area contributed by atoms with Crippen molar-refractivity contribution in [1.29, 1.82) is 0 Å². The van der Waals surface area contributed by atoms with Crippen molar-refractivity contribution in [3.05, 3.63) is 0 Å². The summed E-state index contributed by atoms with van der Waals surface area (Å²) in [6.45, 7) is 2.17. The zero-order chi connectivity index (χ0) is 10.5. The van der Waals surface area contributed by atoms with Crippen LogP contribution in [0.1, 0.15) is 58.3 Å². The van der Waals surface area contributed by atoms with E-state index in [0.717, 1.165) is 19.3 Å². The highest BCUT2D eigenvalue weighted by atomic mass is 16.6. The Balaban J connectivity index is 2.04. The quantitative estimate of drug-likeness (QED) is 0.572. The van der Waals surface area contributed by atoms with Gasteiger partial charge < -0.3 is 4.74 Å². The fourth-order valence-electron chi connectivity index (χ4n) is 4.32. The summed E-state index contributed by atoms with van der Waals surface area (Å²) in [4.78, 5) is 12.1. The molecule has 2 heteroatoms. The first kappa shape index (κ1) is 9.68. The SMILES string of the molecule is C[C@]12CCC[C@]3(CCCCC[C@H]31)C(=O)O2. The summed E-state index contributed by atoms with van der Waals surface area (Å²) in [5.74, 6) is 0.656. The van der Waals surface area contributed by atoms with Gasteiger partial charge in [-0.2, -0.15) is 0 Å². The van der Waals surface area contributed by atoms with Crippen LogP contribution in [0, 0.1) is 11.3 Å². The van der Waals surface area contributed by atoms with Crippen LogP contribution in [0.5, 0.6) is 0 Å². The van der Waals surface area contributed by atoms with Crippen LogP contribution in [-0.2, 0) is 9.53 Å². The largest absolute Gasteiger partial charge is 0.459 e. The Kier molecular flexibility index (Phi) is 1.93. The molecule has 0 aromatic rings. The molecule has 15 heavy (non-hydrogen) atoms. The van der Waals surface area contributed by atoms with Crippen molar-refractivity contribution in [3.63, 3.8) is 0 Å². The van der Waals surface area contributed by atoms with Gasteiger partial charge in [-0.05, 0) is 39.0 Å². The van der Waals surface area contributed by atoms with E-state index >= 15 is 0 Å². The van der Waals surface area contributed by atoms with Crippen molar-refractivity contribution < 1.29 is 9.53 Å². The molecule has 0 N–H and O–H groups in total. The standard InChI is InChI=1S/C13H20O2/c1-12-7-5-9-13(11(14)15-12)8-4-2-3-6-10(12)13/h10H,2-9H2,1H3/t10-,12-,13-/m0/s1. The molecule has 0 amide bonds. The average molecular weight is 208 g/mol. The Morgan fingerprint density at radius 1 is 1.13 bits per heavy atom. The van der Waals surface area contributed by atoms with Crippen molar-refractivity contribution in [1.82, 2.24) is 0 Å². The molecule has 2 bridgehead atoms. The second kappa shape index (κ2) is 2.99. The third-order valence-electron chi connectivity index (χ3n) is 5.05. The summed E-state index contributed by atoms with van der Waals surface area (Å²) in [5.41, 5.74) is -0.177. The predicted molar refractivity (Wildman–Crippen MR) is 57.4 cm³/mol. The highest BCUT2D eigenvalue weighted by Crippen LogP contribution is 2.60. The van der Waals surface area contributed by atoms with E-state index in [-0.39, 0.29) is 17.0 Å². The minimum absolute atomic E-state index is 0.0660. The van der Waals surface area contributed by atoms with Gasteiger partial charge in [-0.25, -0.2) is 0 Å². The van der Waals surface area contributed by atoms with E-state index in [0.29, 0.717) is 5.92 Å². The molecule has 0 radical (unpaired) electrons. The normalized spacial score (nSPS) is 49.4. The van der Waals surface area contributed by atoms with E-state index < -0.39 is 0 Å². The summed E-state index contributed by atoms with van der Waals surface area (Å²) in [5, 5.41) is 0. The van der Waals surface area contributed by atoms with Gasteiger partial charge in [0.15, 0.2) is 0 Å². The van der Waals surface area contributed by atoms with Crippen LogP contribution >= 0.6 is 0 Å². The van der Waals surface area contributed by atoms with Crippen molar-refractivity contribution in [2.24, 2.45) is 11.3 Å². The zero-order valence-corrected chi connectivity index (χ0v) is 9.55. The molecule has 3 rings (SSSR count). The van der Waals surface area contributed by atoms with Gasteiger partial charge in [-0.15, -0.1) is 0 Å². The van der Waals surface area contributed by atoms with Gasteiger partial charge in [0.25, 0.3) is 0 Å². The van der Waals surface area contributed by atoms with Crippen LogP contribution in [0.15, 0.2) is 0 Å². The summed E-state index contributed by atoms with van der Waals surface area (Å²) >= 11 is 0. The highest BCUT2D eigenvalue weighted by Gasteiger charge is 2.63. The molecule has 84 valence electrons. The van der Waals surface area contributed by atoms with Gasteiger partial charge in [0.2, 0.25) is 0 Å². The molecule has 0 unspecified atom stereocenters. The van der Waals surface area contributed by atoms with Crippen LogP contribution in [0.3, 0.4) is 0 Å². The number of ether oxygens (including phenoxy) is 1. The van der Waals surface area contributed by atoms with E-state index in [1.807, 2.05) is 0 Å². The molecule has 3 aliphatic rings. The smallest absolute Gasteiger partial charge is 0.313 e. The Morgan fingerprint density at radius 3 is 2.80 bits per heavy atom. The molecule has 1 saturated heterocycles. The van der Waals surface area contributed by atoms with Crippen molar-refractivity contribution in [2.75, 3.05) is 0 Å². The van der Waals surface area contributed by atoms with E-state index in [1.54, 1.807) is 0 Å². The van der Waals surface area contributed by atoms with Crippen molar-refractivity contribution in [2.45, 2.75) is 63.9 Å². The lowest BCUT2D eigenvalue weighted by Gasteiger charge is -2.40. The van der Waals surface area contributed by atoms with Crippen LogP contribution in [-0.4, -0.2) is 11.6 Å². The number of hydrogen-bond donors (Lipinski definition) is 0. The van der Waals surface area contributed by atoms with E-state index in [2.05, 4.69) is 6.92 Å². The lowest BCUT2D eigenvalue weighted by molar-refractivity contribution is -0.152. The maximum Gasteiger partial charge on any atom is 0.313 e. The molecular weight excluding hydrogens is 188 g/mol. The summed E-state index contributed by atoms with van der Waals surface area (Å²) in [6, 6.07) is 0. The fourth-order valence-corrected chi connectivity index (χ4v) is 4.32. The Hall–Kier alpha value is -0.530. The van der Waals surface area contributed by atoms with Gasteiger partial charge in [0, 0.05) is 5.92 Å². The molecule has 3 atom stereocenters. The molecule has 0 aromatic heterocycles. The van der Waals surface area contributed by atoms with E-state index in [1.165, 1.54) is 32.1 Å². The second-order valence-corrected chi connectivity index (χ2v) is 5.86. The van der Waals surface area contributed by atoms with E-state index in [9.17, 15) is 4.79 Å². The first-order valence-electron chi connectivity index (χ1n) is 6.41. The molecule has 2 aliphatic carbocycles. The summed E-state index contributed by atoms with van der Waals surface area (Å²) < 4.78 is 5.73. The van der Waals surface area contributed by atoms with Crippen LogP contribution in [0.4, 0.5) is 0 Å². The third kappa shape index (κ3) is 1.14. The highest BCUT2D eigenvalue weighted by molar-refractivity contribution is 5.81. The van der Waals surface area contributed by atoms with Gasteiger partial charge in [0.1, 0.15) is 5.60 Å². The molecule has 1 aliphatic heterocycles. The Labute approximate surface area is 91.4 Å². The maximum absolute atomic E-state index is 12.1. The first-order valence-corrected chi connectivity index (χ1v) is 6.41. The van der Waals surface area contributed by atoms with Gasteiger partial charge in [0.05, 0.1) is 5.41 Å². The third-order valence-corrected chi connectivity index (χ3v) is 5.05. The molecule has 2 saturated carbocycles. The fraction of sp³-hybridized carbons (Fsp3) is 0.923. The first-order chi connectivity index (χ1) is 7.17. The van der Waals surface area contributed by atoms with Crippen LogP contribution < -0.4 is 0 Å². The van der Waals surface area contributed by atoms with Gasteiger partial charge in [-0.3, -0.25) is 4.79 Å². The molecule has 3 fully saturated rings. The molecule has 0 aromatic carbocycles. The average Bonchev–Trinajstić information content (AvgIpc) is 2.40. The topological polar surface area (TPSA) is 26.3 Å².